The summed E-state index contributed by atoms with van der Waals surface area (Å²) in [4.78, 5) is 40.0. The topological polar surface area (TPSA) is 112 Å². The highest BCUT2D eigenvalue weighted by Crippen LogP contribution is 2.20. The molecule has 0 saturated carbocycles. The van der Waals surface area contributed by atoms with E-state index in [-0.39, 0.29) is 30.1 Å². The van der Waals surface area contributed by atoms with Crippen molar-refractivity contribution < 1.29 is 4.79 Å². The van der Waals surface area contributed by atoms with E-state index in [0.29, 0.717) is 30.0 Å². The first-order chi connectivity index (χ1) is 15.5. The van der Waals surface area contributed by atoms with Gasteiger partial charge in [0.1, 0.15) is 5.82 Å². The van der Waals surface area contributed by atoms with Crippen LogP contribution in [0.1, 0.15) is 36.8 Å². The maximum atomic E-state index is 13.0. The molecule has 1 aromatic carbocycles. The molecule has 0 aliphatic carbocycles. The Balaban J connectivity index is 1.62. The first-order valence-corrected chi connectivity index (χ1v) is 11.1. The quantitative estimate of drug-likeness (QED) is 0.698. The second kappa shape index (κ2) is 9.40. The molecule has 1 amide bonds. The molecule has 2 saturated heterocycles. The van der Waals surface area contributed by atoms with Crippen LogP contribution in [0.15, 0.2) is 39.9 Å². The second-order valence-electron chi connectivity index (χ2n) is 8.48. The van der Waals surface area contributed by atoms with Gasteiger partial charge in [0.15, 0.2) is 0 Å². The smallest absolute Gasteiger partial charge is 0.332 e. The van der Waals surface area contributed by atoms with Gasteiger partial charge in [-0.25, -0.2) is 4.79 Å². The molecule has 2 aliphatic rings. The van der Waals surface area contributed by atoms with Crippen molar-refractivity contribution in [1.29, 1.82) is 5.26 Å². The molecular weight excluding hydrogens is 408 g/mol. The fourth-order valence-electron chi connectivity index (χ4n) is 4.52. The number of nitriles is 1. The van der Waals surface area contributed by atoms with Crippen molar-refractivity contribution in [2.24, 2.45) is 7.05 Å². The fourth-order valence-corrected chi connectivity index (χ4v) is 4.52. The number of hydrogen-bond acceptors (Lipinski definition) is 6. The number of amides is 1. The van der Waals surface area contributed by atoms with Crippen LogP contribution < -0.4 is 26.8 Å². The van der Waals surface area contributed by atoms with E-state index in [1.807, 2.05) is 17.0 Å². The van der Waals surface area contributed by atoms with E-state index in [4.69, 9.17) is 0 Å². The zero-order chi connectivity index (χ0) is 22.7. The normalized spacial score (nSPS) is 20.7. The van der Waals surface area contributed by atoms with Gasteiger partial charge in [0.05, 0.1) is 24.2 Å². The molecule has 0 radical (unpaired) electrons. The van der Waals surface area contributed by atoms with Crippen LogP contribution in [0.2, 0.25) is 0 Å². The summed E-state index contributed by atoms with van der Waals surface area (Å²) in [5, 5.41) is 15.8. The highest BCUT2D eigenvalue weighted by Gasteiger charge is 2.28. The van der Waals surface area contributed by atoms with Crippen LogP contribution >= 0.6 is 0 Å². The molecule has 1 aromatic heterocycles. The number of nitrogens with one attached hydrogen (secondary N) is 2. The predicted molar refractivity (Wildman–Crippen MR) is 121 cm³/mol. The summed E-state index contributed by atoms with van der Waals surface area (Å²) in [6.07, 6.45) is 3.52. The lowest BCUT2D eigenvalue weighted by atomic mass is 10.0. The van der Waals surface area contributed by atoms with Gasteiger partial charge in [-0.05, 0) is 43.9 Å². The first-order valence-electron chi connectivity index (χ1n) is 11.1. The van der Waals surface area contributed by atoms with Gasteiger partial charge in [-0.1, -0.05) is 18.2 Å². The number of benzene rings is 1. The summed E-state index contributed by atoms with van der Waals surface area (Å²) in [7, 11) is 1.45. The van der Waals surface area contributed by atoms with Crippen molar-refractivity contribution in [2.45, 2.75) is 44.3 Å². The van der Waals surface area contributed by atoms with Crippen LogP contribution in [0, 0.1) is 11.3 Å². The van der Waals surface area contributed by atoms with Crippen LogP contribution in [0.5, 0.6) is 0 Å². The Morgan fingerprint density at radius 1 is 1.25 bits per heavy atom. The molecule has 9 heteroatoms. The van der Waals surface area contributed by atoms with Crippen LogP contribution in [0.3, 0.4) is 0 Å². The molecule has 168 valence electrons. The predicted octanol–water partition coefficient (Wildman–Crippen LogP) is 0.304. The minimum Gasteiger partial charge on any atom is -0.356 e. The highest BCUT2D eigenvalue weighted by atomic mass is 16.2. The summed E-state index contributed by atoms with van der Waals surface area (Å²) in [6, 6.07) is 10.6. The maximum absolute atomic E-state index is 13.0. The molecule has 2 aliphatic heterocycles. The van der Waals surface area contributed by atoms with Crippen molar-refractivity contribution in [3.63, 3.8) is 0 Å². The van der Waals surface area contributed by atoms with Crippen LogP contribution in [0.4, 0.5) is 5.82 Å². The van der Waals surface area contributed by atoms with E-state index in [0.717, 1.165) is 36.8 Å². The zero-order valence-corrected chi connectivity index (χ0v) is 18.2. The molecule has 2 atom stereocenters. The first kappa shape index (κ1) is 21.8. The number of anilines is 1. The lowest BCUT2D eigenvalue weighted by Crippen LogP contribution is -2.53. The minimum absolute atomic E-state index is 0.0127. The van der Waals surface area contributed by atoms with Crippen molar-refractivity contribution in [3.8, 4) is 6.07 Å². The van der Waals surface area contributed by atoms with Crippen molar-refractivity contribution >= 4 is 11.7 Å². The van der Waals surface area contributed by atoms with Crippen molar-refractivity contribution in [3.05, 3.63) is 62.3 Å². The summed E-state index contributed by atoms with van der Waals surface area (Å²) >= 11 is 0. The largest absolute Gasteiger partial charge is 0.356 e. The lowest BCUT2D eigenvalue weighted by Gasteiger charge is -2.36. The third-order valence-corrected chi connectivity index (χ3v) is 6.31. The Labute approximate surface area is 186 Å². The Morgan fingerprint density at radius 2 is 2.06 bits per heavy atom. The summed E-state index contributed by atoms with van der Waals surface area (Å²) < 4.78 is 2.62. The minimum atomic E-state index is -0.429. The monoisotopic (exact) mass is 436 g/mol. The summed E-state index contributed by atoms with van der Waals surface area (Å²) in [5.41, 5.74) is 0.399. The molecule has 2 fully saturated rings. The number of nitrogens with zero attached hydrogens (tertiary/aromatic N) is 4. The number of hydrogen-bond donors (Lipinski definition) is 2. The van der Waals surface area contributed by atoms with E-state index in [9.17, 15) is 19.6 Å². The van der Waals surface area contributed by atoms with Gasteiger partial charge >= 0.3 is 5.69 Å². The second-order valence-corrected chi connectivity index (χ2v) is 8.48. The Morgan fingerprint density at radius 3 is 2.81 bits per heavy atom. The summed E-state index contributed by atoms with van der Waals surface area (Å²) in [6.45, 7) is 2.25. The maximum Gasteiger partial charge on any atom is 0.332 e. The molecule has 4 rings (SSSR count). The van der Waals surface area contributed by atoms with E-state index < -0.39 is 5.69 Å². The van der Waals surface area contributed by atoms with E-state index >= 15 is 0 Å². The van der Waals surface area contributed by atoms with Gasteiger partial charge in [-0.2, -0.15) is 5.26 Å². The highest BCUT2D eigenvalue weighted by molar-refractivity contribution is 5.82. The van der Waals surface area contributed by atoms with Crippen molar-refractivity contribution in [1.82, 2.24) is 19.8 Å². The zero-order valence-electron chi connectivity index (χ0n) is 18.2. The average molecular weight is 437 g/mol. The molecule has 9 nitrogen and oxygen atoms in total. The molecule has 2 aromatic rings. The van der Waals surface area contributed by atoms with E-state index in [1.54, 1.807) is 16.7 Å². The van der Waals surface area contributed by atoms with Gasteiger partial charge in [-0.15, -0.1) is 0 Å². The molecule has 2 unspecified atom stereocenters. The summed E-state index contributed by atoms with van der Waals surface area (Å²) in [5.74, 6) is 0.530. The molecule has 0 spiro atoms. The standard InChI is InChI=1S/C23H28N6O3/c1-27-21(30)12-20(29(23(27)32)14-17-7-3-2-6-16(17)13-24)28-11-5-8-18(15-28)26-22(31)19-9-4-10-25-19/h2-3,6-7,12,18-19,25H,4-5,8-11,14-15H2,1H3,(H,26,31). The third-order valence-electron chi connectivity index (χ3n) is 6.31. The van der Waals surface area contributed by atoms with Crippen molar-refractivity contribution in [2.75, 3.05) is 24.5 Å². The Hall–Kier alpha value is -3.38. The third kappa shape index (κ3) is 4.46. The number of carbonyl (C=O) groups is 1. The lowest BCUT2D eigenvalue weighted by molar-refractivity contribution is -0.123. The molecule has 0 bridgehead atoms. The van der Waals surface area contributed by atoms with Gasteiger partial charge in [0.2, 0.25) is 5.91 Å². The Bertz CT molecular complexity index is 1160. The molecular formula is C23H28N6O3. The SMILES string of the molecule is Cn1c(=O)cc(N2CCCC(NC(=O)C3CCCN3)C2)n(Cc2ccccc2C#N)c1=O. The van der Waals surface area contributed by atoms with Gasteiger partial charge in [-0.3, -0.25) is 18.7 Å². The van der Waals surface area contributed by atoms with E-state index in [2.05, 4.69) is 16.7 Å². The molecule has 3 heterocycles. The molecule has 32 heavy (non-hydrogen) atoms. The van der Waals surface area contributed by atoms with Crippen LogP contribution in [-0.4, -0.2) is 46.8 Å². The van der Waals surface area contributed by atoms with Gasteiger partial charge in [0, 0.05) is 32.2 Å². The van der Waals surface area contributed by atoms with Crippen LogP contribution in [0.25, 0.3) is 0 Å². The van der Waals surface area contributed by atoms with Crippen LogP contribution in [-0.2, 0) is 18.4 Å². The average Bonchev–Trinajstić information content (AvgIpc) is 3.35. The number of aromatic nitrogens is 2. The van der Waals surface area contributed by atoms with E-state index in [1.165, 1.54) is 13.1 Å². The van der Waals surface area contributed by atoms with Gasteiger partial charge < -0.3 is 15.5 Å². The number of carbonyl (C=O) groups excluding carboxylic acids is 1. The van der Waals surface area contributed by atoms with Gasteiger partial charge in [0.25, 0.3) is 5.56 Å². The number of rotatable bonds is 5. The number of piperidine rings is 1. The fraction of sp³-hybridized carbons (Fsp3) is 0.478. The Kier molecular flexibility index (Phi) is 6.42. The molecule has 2 N–H and O–H groups in total.